The van der Waals surface area contributed by atoms with Gasteiger partial charge in [0, 0.05) is 18.3 Å². The number of nitrogens with zero attached hydrogens (tertiary/aromatic N) is 2. The van der Waals surface area contributed by atoms with Gasteiger partial charge in [0.2, 0.25) is 0 Å². The minimum atomic E-state index is -0.102. The summed E-state index contributed by atoms with van der Waals surface area (Å²) < 4.78 is 6.96. The van der Waals surface area contributed by atoms with Crippen molar-refractivity contribution in [3.05, 3.63) is 66.2 Å². The molecule has 0 bridgehead atoms. The summed E-state index contributed by atoms with van der Waals surface area (Å²) in [6.07, 6.45) is 5.25. The molecule has 5 nitrogen and oxygen atoms in total. The molecule has 0 saturated carbocycles. The third kappa shape index (κ3) is 2.86. The molecule has 0 spiro atoms. The van der Waals surface area contributed by atoms with Gasteiger partial charge in [-0.2, -0.15) is 0 Å². The van der Waals surface area contributed by atoms with Gasteiger partial charge < -0.3 is 14.5 Å². The summed E-state index contributed by atoms with van der Waals surface area (Å²) in [6, 6.07) is 11.2. The normalized spacial score (nSPS) is 10.5. The fraction of sp³-hybridized carbons (Fsp3) is 0.125. The summed E-state index contributed by atoms with van der Waals surface area (Å²) in [7, 11) is 1.63. The number of nitrogens with one attached hydrogen (secondary N) is 1. The molecule has 3 rings (SSSR count). The molecule has 0 aliphatic heterocycles. The van der Waals surface area contributed by atoms with E-state index >= 15 is 0 Å². The van der Waals surface area contributed by atoms with Gasteiger partial charge in [0.25, 0.3) is 5.91 Å². The van der Waals surface area contributed by atoms with Gasteiger partial charge in [-0.25, -0.2) is 4.98 Å². The molecule has 0 atom stereocenters. The van der Waals surface area contributed by atoms with Gasteiger partial charge in [-0.05, 0) is 29.8 Å². The molecule has 3 aromatic rings. The lowest BCUT2D eigenvalue weighted by molar-refractivity contribution is 0.0951. The maximum Gasteiger partial charge on any atom is 0.251 e. The monoisotopic (exact) mass is 281 g/mol. The molecule has 1 amide bonds. The topological polar surface area (TPSA) is 55.6 Å². The summed E-state index contributed by atoms with van der Waals surface area (Å²) in [6.45, 7) is 0.479. The first-order valence-corrected chi connectivity index (χ1v) is 6.59. The van der Waals surface area contributed by atoms with Gasteiger partial charge in [0.05, 0.1) is 25.2 Å². The number of carbonyl (C=O) groups is 1. The van der Waals surface area contributed by atoms with Crippen molar-refractivity contribution in [2.45, 2.75) is 6.54 Å². The van der Waals surface area contributed by atoms with Crippen LogP contribution in [0.25, 0.3) is 5.52 Å². The van der Waals surface area contributed by atoms with Crippen molar-refractivity contribution < 1.29 is 9.53 Å². The van der Waals surface area contributed by atoms with Crippen molar-refractivity contribution in [3.63, 3.8) is 0 Å². The predicted molar refractivity (Wildman–Crippen MR) is 79.4 cm³/mol. The molecule has 21 heavy (non-hydrogen) atoms. The van der Waals surface area contributed by atoms with E-state index < -0.39 is 0 Å². The maximum absolute atomic E-state index is 12.1. The highest BCUT2D eigenvalue weighted by Gasteiger charge is 2.06. The van der Waals surface area contributed by atoms with E-state index in [9.17, 15) is 4.79 Å². The van der Waals surface area contributed by atoms with Crippen LogP contribution in [0.3, 0.4) is 0 Å². The average molecular weight is 281 g/mol. The minimum Gasteiger partial charge on any atom is -0.497 e. The molecule has 0 unspecified atom stereocenters. The number of pyridine rings is 1. The highest BCUT2D eigenvalue weighted by Crippen LogP contribution is 2.11. The second kappa shape index (κ2) is 5.66. The Balaban J connectivity index is 1.67. The zero-order chi connectivity index (χ0) is 14.7. The van der Waals surface area contributed by atoms with Crippen LogP contribution in [0.2, 0.25) is 0 Å². The second-order valence-corrected chi connectivity index (χ2v) is 4.67. The van der Waals surface area contributed by atoms with Gasteiger partial charge in [0.15, 0.2) is 0 Å². The summed E-state index contributed by atoms with van der Waals surface area (Å²) in [5, 5.41) is 2.90. The molecule has 0 aliphatic rings. The zero-order valence-corrected chi connectivity index (χ0v) is 11.6. The fourth-order valence-corrected chi connectivity index (χ4v) is 2.09. The summed E-state index contributed by atoms with van der Waals surface area (Å²) in [4.78, 5) is 16.2. The molecule has 1 aromatic carbocycles. The summed E-state index contributed by atoms with van der Waals surface area (Å²) >= 11 is 0. The highest BCUT2D eigenvalue weighted by molar-refractivity contribution is 5.95. The molecule has 0 saturated heterocycles. The van der Waals surface area contributed by atoms with E-state index in [2.05, 4.69) is 10.3 Å². The molecular formula is C16H15N3O2. The number of methoxy groups -OCH3 is 1. The van der Waals surface area contributed by atoms with Crippen molar-refractivity contribution in [1.82, 2.24) is 14.7 Å². The maximum atomic E-state index is 12.1. The van der Waals surface area contributed by atoms with E-state index in [1.807, 2.05) is 40.9 Å². The van der Waals surface area contributed by atoms with E-state index in [1.165, 1.54) is 0 Å². The van der Waals surface area contributed by atoms with Crippen molar-refractivity contribution in [2.75, 3.05) is 7.11 Å². The number of rotatable bonds is 4. The van der Waals surface area contributed by atoms with Crippen LogP contribution in [0, 0.1) is 0 Å². The lowest BCUT2D eigenvalue weighted by atomic mass is 10.2. The van der Waals surface area contributed by atoms with E-state index in [1.54, 1.807) is 25.7 Å². The molecule has 0 fully saturated rings. The fourth-order valence-electron chi connectivity index (χ4n) is 2.09. The molecule has 2 aromatic heterocycles. The van der Waals surface area contributed by atoms with E-state index in [-0.39, 0.29) is 5.91 Å². The molecule has 0 aliphatic carbocycles. The van der Waals surface area contributed by atoms with Gasteiger partial charge in [-0.15, -0.1) is 0 Å². The van der Waals surface area contributed by atoms with Crippen LogP contribution < -0.4 is 10.1 Å². The van der Waals surface area contributed by atoms with Gasteiger partial charge in [-0.1, -0.05) is 12.1 Å². The van der Waals surface area contributed by atoms with Crippen LogP contribution in [0.4, 0.5) is 0 Å². The number of hydrogen-bond donors (Lipinski definition) is 1. The largest absolute Gasteiger partial charge is 0.497 e. The second-order valence-electron chi connectivity index (χ2n) is 4.67. The zero-order valence-electron chi connectivity index (χ0n) is 11.6. The van der Waals surface area contributed by atoms with Crippen molar-refractivity contribution in [1.29, 1.82) is 0 Å². The first-order valence-electron chi connectivity index (χ1n) is 6.59. The Morgan fingerprint density at radius 3 is 2.86 bits per heavy atom. The number of carbonyl (C=O) groups excluding carboxylic acids is 1. The number of benzene rings is 1. The molecule has 2 heterocycles. The molecule has 0 radical (unpaired) electrons. The number of imidazole rings is 1. The molecular weight excluding hydrogens is 266 g/mol. The first kappa shape index (κ1) is 13.2. The van der Waals surface area contributed by atoms with Crippen LogP contribution in [-0.4, -0.2) is 22.4 Å². The van der Waals surface area contributed by atoms with Gasteiger partial charge >= 0.3 is 0 Å². The molecule has 1 N–H and O–H groups in total. The highest BCUT2D eigenvalue weighted by atomic mass is 16.5. The van der Waals surface area contributed by atoms with E-state index in [0.29, 0.717) is 12.1 Å². The Morgan fingerprint density at radius 2 is 2.10 bits per heavy atom. The Morgan fingerprint density at radius 1 is 1.29 bits per heavy atom. The number of fused-ring (bicyclic) bond motifs is 1. The number of hydrogen-bond acceptors (Lipinski definition) is 3. The van der Waals surface area contributed by atoms with Gasteiger partial charge in [-0.3, -0.25) is 4.79 Å². The Labute approximate surface area is 122 Å². The molecule has 5 heteroatoms. The number of aromatic nitrogens is 2. The van der Waals surface area contributed by atoms with Crippen molar-refractivity contribution >= 4 is 11.4 Å². The van der Waals surface area contributed by atoms with Gasteiger partial charge in [0.1, 0.15) is 5.75 Å². The number of ether oxygens (including phenoxy) is 1. The van der Waals surface area contributed by atoms with Crippen LogP contribution in [-0.2, 0) is 6.54 Å². The third-order valence-electron chi connectivity index (χ3n) is 3.29. The SMILES string of the molecule is COc1ccc(CNC(=O)c2ccn3cncc3c2)cc1. The minimum absolute atomic E-state index is 0.102. The first-order chi connectivity index (χ1) is 10.3. The third-order valence-corrected chi connectivity index (χ3v) is 3.29. The van der Waals surface area contributed by atoms with E-state index in [0.717, 1.165) is 16.8 Å². The predicted octanol–water partition coefficient (Wildman–Crippen LogP) is 2.27. The summed E-state index contributed by atoms with van der Waals surface area (Å²) in [5.74, 6) is 0.700. The standard InChI is InChI=1S/C16H15N3O2/c1-21-15-4-2-12(3-5-15)9-18-16(20)13-6-7-19-11-17-10-14(19)8-13/h2-8,10-11H,9H2,1H3,(H,18,20). The van der Waals surface area contributed by atoms with Crippen molar-refractivity contribution in [2.24, 2.45) is 0 Å². The smallest absolute Gasteiger partial charge is 0.251 e. The summed E-state index contributed by atoms with van der Waals surface area (Å²) in [5.41, 5.74) is 2.54. The Bertz CT molecular complexity index is 763. The van der Waals surface area contributed by atoms with Crippen molar-refractivity contribution in [3.8, 4) is 5.75 Å². The lowest BCUT2D eigenvalue weighted by Gasteiger charge is -2.07. The Kier molecular flexibility index (Phi) is 3.55. The van der Waals surface area contributed by atoms with Crippen LogP contribution in [0.5, 0.6) is 5.75 Å². The number of amides is 1. The average Bonchev–Trinajstić information content (AvgIpc) is 3.00. The quantitative estimate of drug-likeness (QED) is 0.798. The molecule has 106 valence electrons. The van der Waals surface area contributed by atoms with Crippen LogP contribution in [0.15, 0.2) is 55.1 Å². The van der Waals surface area contributed by atoms with Crippen LogP contribution in [0.1, 0.15) is 15.9 Å². The lowest BCUT2D eigenvalue weighted by Crippen LogP contribution is -2.22. The van der Waals surface area contributed by atoms with Crippen LogP contribution >= 0.6 is 0 Å². The Hall–Kier alpha value is -2.82. The van der Waals surface area contributed by atoms with E-state index in [4.69, 9.17) is 4.74 Å².